The van der Waals surface area contributed by atoms with Crippen molar-refractivity contribution in [3.8, 4) is 0 Å². The zero-order chi connectivity index (χ0) is 10.8. The summed E-state index contributed by atoms with van der Waals surface area (Å²) in [6, 6.07) is 0.373. The van der Waals surface area contributed by atoms with Crippen molar-refractivity contribution in [3.05, 3.63) is 0 Å². The number of ether oxygens (including phenoxy) is 2. The molecule has 0 amide bonds. The van der Waals surface area contributed by atoms with Crippen LogP contribution in [0.5, 0.6) is 0 Å². The van der Waals surface area contributed by atoms with Crippen molar-refractivity contribution < 1.29 is 14.6 Å². The lowest BCUT2D eigenvalue weighted by molar-refractivity contribution is 0.0863. The molecule has 4 nitrogen and oxygen atoms in total. The van der Waals surface area contributed by atoms with E-state index in [1.807, 2.05) is 0 Å². The molecule has 86 valence electrons. The molecule has 1 unspecified atom stereocenters. The maximum absolute atomic E-state index is 8.48. The largest absolute Gasteiger partial charge is 0.394 e. The highest BCUT2D eigenvalue weighted by Gasteiger charge is 2.11. The van der Waals surface area contributed by atoms with Crippen LogP contribution in [0.4, 0.5) is 0 Å². The Morgan fingerprint density at radius 2 is 2.00 bits per heavy atom. The van der Waals surface area contributed by atoms with Gasteiger partial charge in [-0.15, -0.1) is 0 Å². The molecule has 0 aliphatic rings. The van der Waals surface area contributed by atoms with Crippen LogP contribution in [0.1, 0.15) is 13.8 Å². The maximum Gasteiger partial charge on any atom is 0.0698 e. The van der Waals surface area contributed by atoms with Crippen LogP contribution in [0, 0.1) is 5.92 Å². The fourth-order valence-electron chi connectivity index (χ4n) is 1.15. The van der Waals surface area contributed by atoms with E-state index in [4.69, 9.17) is 14.6 Å². The number of aliphatic hydroxyl groups is 1. The summed E-state index contributed by atoms with van der Waals surface area (Å²) >= 11 is 0. The third kappa shape index (κ3) is 7.26. The minimum atomic E-state index is 0.0890. The predicted octanol–water partition coefficient (Wildman–Crippen LogP) is 0.256. The van der Waals surface area contributed by atoms with Crippen molar-refractivity contribution in [1.82, 2.24) is 5.32 Å². The van der Waals surface area contributed by atoms with Crippen molar-refractivity contribution >= 4 is 0 Å². The molecule has 0 spiro atoms. The second-order valence-corrected chi connectivity index (χ2v) is 3.60. The lowest BCUT2D eigenvalue weighted by Gasteiger charge is -2.21. The van der Waals surface area contributed by atoms with Gasteiger partial charge >= 0.3 is 0 Å². The molecule has 0 radical (unpaired) electrons. The third-order valence-electron chi connectivity index (χ3n) is 2.04. The molecule has 0 heterocycles. The highest BCUT2D eigenvalue weighted by Crippen LogP contribution is 2.00. The molecule has 1 atom stereocenters. The Hall–Kier alpha value is -0.160. The number of rotatable bonds is 9. The molecule has 4 heteroatoms. The second kappa shape index (κ2) is 9.40. The van der Waals surface area contributed by atoms with Crippen molar-refractivity contribution in [2.24, 2.45) is 5.92 Å². The van der Waals surface area contributed by atoms with Gasteiger partial charge in [0.2, 0.25) is 0 Å². The second-order valence-electron chi connectivity index (χ2n) is 3.60. The Balaban J connectivity index is 3.41. The first-order valence-electron chi connectivity index (χ1n) is 5.13. The Morgan fingerprint density at radius 3 is 2.50 bits per heavy atom. The molecule has 0 aromatic heterocycles. The molecule has 14 heavy (non-hydrogen) atoms. The number of nitrogens with one attached hydrogen (secondary N) is 1. The van der Waals surface area contributed by atoms with Gasteiger partial charge in [0.15, 0.2) is 0 Å². The van der Waals surface area contributed by atoms with Crippen LogP contribution < -0.4 is 5.32 Å². The summed E-state index contributed by atoms with van der Waals surface area (Å²) in [5.41, 5.74) is 0. The zero-order valence-electron chi connectivity index (χ0n) is 9.45. The van der Waals surface area contributed by atoms with Crippen LogP contribution in [0.2, 0.25) is 0 Å². The average molecular weight is 205 g/mol. The van der Waals surface area contributed by atoms with E-state index in [2.05, 4.69) is 19.2 Å². The van der Waals surface area contributed by atoms with Crippen LogP contribution in [-0.4, -0.2) is 51.2 Å². The molecule has 0 fully saturated rings. The first kappa shape index (κ1) is 13.8. The smallest absolute Gasteiger partial charge is 0.0698 e. The molecule has 0 aliphatic heterocycles. The van der Waals surface area contributed by atoms with Crippen LogP contribution in [0.15, 0.2) is 0 Å². The van der Waals surface area contributed by atoms with Gasteiger partial charge < -0.3 is 19.9 Å². The Labute approximate surface area is 86.6 Å². The first-order valence-corrected chi connectivity index (χ1v) is 5.13. The van der Waals surface area contributed by atoms with Gasteiger partial charge in [0.25, 0.3) is 0 Å². The highest BCUT2D eigenvalue weighted by atomic mass is 16.5. The van der Waals surface area contributed by atoms with Gasteiger partial charge in [0, 0.05) is 19.7 Å². The minimum Gasteiger partial charge on any atom is -0.394 e. The topological polar surface area (TPSA) is 50.7 Å². The van der Waals surface area contributed by atoms with E-state index in [1.165, 1.54) is 0 Å². The van der Waals surface area contributed by atoms with Gasteiger partial charge in [-0.3, -0.25) is 0 Å². The molecule has 0 bridgehead atoms. The number of methoxy groups -OCH3 is 1. The third-order valence-corrected chi connectivity index (χ3v) is 2.04. The predicted molar refractivity (Wildman–Crippen MR) is 56.4 cm³/mol. The standard InChI is InChI=1S/C10H23NO3/c1-9(2)10(8-13-3)11-4-6-14-7-5-12/h9-12H,4-8H2,1-3H3. The van der Waals surface area contributed by atoms with E-state index in [0.717, 1.165) is 13.2 Å². The summed E-state index contributed by atoms with van der Waals surface area (Å²) in [6.45, 7) is 6.97. The number of hydrogen-bond acceptors (Lipinski definition) is 4. The van der Waals surface area contributed by atoms with Crippen molar-refractivity contribution in [2.45, 2.75) is 19.9 Å². The molecular weight excluding hydrogens is 182 g/mol. The summed E-state index contributed by atoms with van der Waals surface area (Å²) in [7, 11) is 1.71. The lowest BCUT2D eigenvalue weighted by Crippen LogP contribution is -2.39. The van der Waals surface area contributed by atoms with E-state index in [0.29, 0.717) is 25.2 Å². The monoisotopic (exact) mass is 205 g/mol. The van der Waals surface area contributed by atoms with Gasteiger partial charge in [-0.2, -0.15) is 0 Å². The molecular formula is C10H23NO3. The molecule has 2 N–H and O–H groups in total. The van der Waals surface area contributed by atoms with E-state index >= 15 is 0 Å². The fourth-order valence-corrected chi connectivity index (χ4v) is 1.15. The fraction of sp³-hybridized carbons (Fsp3) is 1.00. The van der Waals surface area contributed by atoms with Gasteiger partial charge in [-0.1, -0.05) is 13.8 Å². The zero-order valence-corrected chi connectivity index (χ0v) is 9.45. The van der Waals surface area contributed by atoms with Crippen LogP contribution in [-0.2, 0) is 9.47 Å². The first-order chi connectivity index (χ1) is 6.72. The lowest BCUT2D eigenvalue weighted by atomic mass is 10.1. The van der Waals surface area contributed by atoms with Crippen molar-refractivity contribution in [1.29, 1.82) is 0 Å². The van der Waals surface area contributed by atoms with Crippen LogP contribution in [0.25, 0.3) is 0 Å². The number of hydrogen-bond donors (Lipinski definition) is 2. The van der Waals surface area contributed by atoms with Crippen LogP contribution >= 0.6 is 0 Å². The quantitative estimate of drug-likeness (QED) is 0.530. The summed E-state index contributed by atoms with van der Waals surface area (Å²) in [5.74, 6) is 0.549. The molecule has 0 saturated heterocycles. The van der Waals surface area contributed by atoms with Crippen molar-refractivity contribution in [2.75, 3.05) is 40.1 Å². The molecule has 0 saturated carbocycles. The minimum absolute atomic E-state index is 0.0890. The average Bonchev–Trinajstić information content (AvgIpc) is 2.15. The Bertz CT molecular complexity index is 120. The normalized spacial score (nSPS) is 13.5. The summed E-state index contributed by atoms with van der Waals surface area (Å²) in [6.07, 6.45) is 0. The molecule has 0 rings (SSSR count). The SMILES string of the molecule is COCC(NCCOCCO)C(C)C. The van der Waals surface area contributed by atoms with E-state index in [-0.39, 0.29) is 6.61 Å². The number of aliphatic hydroxyl groups excluding tert-OH is 1. The summed E-state index contributed by atoms with van der Waals surface area (Å²) < 4.78 is 10.2. The van der Waals surface area contributed by atoms with Gasteiger partial charge in [-0.25, -0.2) is 0 Å². The van der Waals surface area contributed by atoms with Gasteiger partial charge in [0.1, 0.15) is 0 Å². The van der Waals surface area contributed by atoms with Gasteiger partial charge in [0.05, 0.1) is 26.4 Å². The van der Waals surface area contributed by atoms with Gasteiger partial charge in [-0.05, 0) is 5.92 Å². The Morgan fingerprint density at radius 1 is 1.29 bits per heavy atom. The molecule has 0 aromatic carbocycles. The van der Waals surface area contributed by atoms with E-state index < -0.39 is 0 Å². The summed E-state index contributed by atoms with van der Waals surface area (Å²) in [4.78, 5) is 0. The Kier molecular flexibility index (Phi) is 9.29. The highest BCUT2D eigenvalue weighted by molar-refractivity contribution is 4.69. The van der Waals surface area contributed by atoms with E-state index in [1.54, 1.807) is 7.11 Å². The van der Waals surface area contributed by atoms with Crippen LogP contribution in [0.3, 0.4) is 0 Å². The summed E-state index contributed by atoms with van der Waals surface area (Å²) in [5, 5.41) is 11.8. The maximum atomic E-state index is 8.48. The molecule has 0 aliphatic carbocycles. The van der Waals surface area contributed by atoms with E-state index in [9.17, 15) is 0 Å². The molecule has 0 aromatic rings. The van der Waals surface area contributed by atoms with Crippen molar-refractivity contribution in [3.63, 3.8) is 0 Å².